The number of carbonyl (C=O) groups is 1. The Morgan fingerprint density at radius 1 is 1.17 bits per heavy atom. The molecule has 3 atom stereocenters. The van der Waals surface area contributed by atoms with Gasteiger partial charge in [-0.3, -0.25) is 9.36 Å². The van der Waals surface area contributed by atoms with Crippen LogP contribution in [0.4, 0.5) is 0 Å². The number of methoxy groups -OCH3 is 1. The van der Waals surface area contributed by atoms with Crippen LogP contribution in [0.15, 0.2) is 91.8 Å². The van der Waals surface area contributed by atoms with Crippen LogP contribution in [0.3, 0.4) is 0 Å². The van der Waals surface area contributed by atoms with Crippen molar-refractivity contribution < 1.29 is 9.53 Å². The molecule has 0 spiro atoms. The molecule has 3 aromatic rings. The van der Waals surface area contributed by atoms with Crippen LogP contribution in [-0.4, -0.2) is 22.4 Å². The number of imidazole rings is 1. The number of ether oxygens (including phenoxy) is 1. The van der Waals surface area contributed by atoms with Crippen molar-refractivity contribution in [1.82, 2.24) is 9.55 Å². The minimum absolute atomic E-state index is 0.0145. The average Bonchev–Trinajstić information content (AvgIpc) is 3.38. The fourth-order valence-electron chi connectivity index (χ4n) is 4.33. The summed E-state index contributed by atoms with van der Waals surface area (Å²) in [6.45, 7) is 8.24. The number of hydrogen-bond donors (Lipinski definition) is 0. The van der Waals surface area contributed by atoms with Crippen LogP contribution in [0.5, 0.6) is 5.75 Å². The molecule has 0 radical (unpaired) electrons. The van der Waals surface area contributed by atoms with Crippen LogP contribution in [0.1, 0.15) is 28.5 Å². The third-order valence-corrected chi connectivity index (χ3v) is 5.76. The zero-order valence-electron chi connectivity index (χ0n) is 16.5. The number of hydrogen-bond acceptors (Lipinski definition) is 3. The van der Waals surface area contributed by atoms with E-state index in [2.05, 4.69) is 18.1 Å². The predicted molar refractivity (Wildman–Crippen MR) is 115 cm³/mol. The van der Waals surface area contributed by atoms with E-state index in [4.69, 9.17) is 4.74 Å². The first-order valence-electron chi connectivity index (χ1n) is 9.71. The molecule has 146 valence electrons. The van der Waals surface area contributed by atoms with Crippen molar-refractivity contribution in [3.63, 3.8) is 0 Å². The van der Waals surface area contributed by atoms with Crippen LogP contribution >= 0.6 is 0 Å². The zero-order valence-corrected chi connectivity index (χ0v) is 16.5. The van der Waals surface area contributed by atoms with Gasteiger partial charge in [0.15, 0.2) is 5.82 Å². The SMILES string of the molecule is C=C[C@H]1C(=C)C[C@H](C(=O)c2nccn2-c2ccccc2)[C@H]1c1ccc(OC)cc1. The van der Waals surface area contributed by atoms with Gasteiger partial charge in [0.1, 0.15) is 5.75 Å². The maximum absolute atomic E-state index is 13.6. The van der Waals surface area contributed by atoms with Crippen LogP contribution in [0.2, 0.25) is 0 Å². The molecular formula is C25H24N2O2. The fourth-order valence-corrected chi connectivity index (χ4v) is 4.33. The van der Waals surface area contributed by atoms with Gasteiger partial charge < -0.3 is 4.74 Å². The highest BCUT2D eigenvalue weighted by Gasteiger charge is 2.43. The van der Waals surface area contributed by atoms with Crippen molar-refractivity contribution in [3.8, 4) is 11.4 Å². The van der Waals surface area contributed by atoms with Crippen LogP contribution < -0.4 is 4.74 Å². The van der Waals surface area contributed by atoms with Gasteiger partial charge in [0.25, 0.3) is 0 Å². The topological polar surface area (TPSA) is 44.1 Å². The summed E-state index contributed by atoms with van der Waals surface area (Å²) in [4.78, 5) is 18.0. The molecule has 0 saturated heterocycles. The molecule has 1 aliphatic rings. The summed E-state index contributed by atoms with van der Waals surface area (Å²) >= 11 is 0. The molecular weight excluding hydrogens is 360 g/mol. The fraction of sp³-hybridized carbons (Fsp3) is 0.200. The lowest BCUT2D eigenvalue weighted by Crippen LogP contribution is -2.23. The lowest BCUT2D eigenvalue weighted by atomic mass is 9.80. The molecule has 29 heavy (non-hydrogen) atoms. The van der Waals surface area contributed by atoms with E-state index in [1.54, 1.807) is 13.3 Å². The van der Waals surface area contributed by atoms with Crippen molar-refractivity contribution in [2.75, 3.05) is 7.11 Å². The molecule has 0 bridgehead atoms. The van der Waals surface area contributed by atoms with Crippen LogP contribution in [0.25, 0.3) is 5.69 Å². The first-order valence-corrected chi connectivity index (χ1v) is 9.71. The minimum Gasteiger partial charge on any atom is -0.497 e. The Morgan fingerprint density at radius 2 is 1.90 bits per heavy atom. The van der Waals surface area contributed by atoms with Crippen molar-refractivity contribution in [2.24, 2.45) is 11.8 Å². The zero-order chi connectivity index (χ0) is 20.4. The Morgan fingerprint density at radius 3 is 2.55 bits per heavy atom. The van der Waals surface area contributed by atoms with E-state index in [1.165, 1.54) is 0 Å². The number of ketones is 1. The second-order valence-corrected chi connectivity index (χ2v) is 7.35. The van der Waals surface area contributed by atoms with Gasteiger partial charge in [-0.15, -0.1) is 6.58 Å². The number of allylic oxidation sites excluding steroid dienone is 2. The molecule has 0 unspecified atom stereocenters. The number of nitrogens with zero attached hydrogens (tertiary/aromatic N) is 2. The molecule has 4 heteroatoms. The van der Waals surface area contributed by atoms with Crippen molar-refractivity contribution in [2.45, 2.75) is 12.3 Å². The summed E-state index contributed by atoms with van der Waals surface area (Å²) in [6.07, 6.45) is 6.05. The molecule has 1 aromatic heterocycles. The quantitative estimate of drug-likeness (QED) is 0.432. The Labute approximate surface area is 171 Å². The molecule has 0 N–H and O–H groups in total. The molecule has 2 aromatic carbocycles. The number of rotatable bonds is 6. The average molecular weight is 384 g/mol. The summed E-state index contributed by atoms with van der Waals surface area (Å²) in [6, 6.07) is 17.7. The normalized spacial score (nSPS) is 21.1. The first kappa shape index (κ1) is 18.9. The second-order valence-electron chi connectivity index (χ2n) is 7.35. The second kappa shape index (κ2) is 7.92. The smallest absolute Gasteiger partial charge is 0.202 e. The van der Waals surface area contributed by atoms with Gasteiger partial charge in [-0.1, -0.05) is 48.6 Å². The van der Waals surface area contributed by atoms with E-state index >= 15 is 0 Å². The Kier molecular flexibility index (Phi) is 5.17. The van der Waals surface area contributed by atoms with E-state index in [0.717, 1.165) is 22.6 Å². The van der Waals surface area contributed by atoms with E-state index in [9.17, 15) is 4.79 Å². The highest BCUT2D eigenvalue weighted by atomic mass is 16.5. The molecule has 4 rings (SSSR count). The van der Waals surface area contributed by atoms with Gasteiger partial charge in [0, 0.05) is 35.8 Å². The van der Waals surface area contributed by atoms with Gasteiger partial charge in [0.2, 0.25) is 5.78 Å². The molecule has 4 nitrogen and oxygen atoms in total. The summed E-state index contributed by atoms with van der Waals surface area (Å²) in [5, 5.41) is 0. The molecule has 1 heterocycles. The molecule has 1 fully saturated rings. The maximum Gasteiger partial charge on any atom is 0.202 e. The Bertz CT molecular complexity index is 1030. The largest absolute Gasteiger partial charge is 0.497 e. The summed E-state index contributed by atoms with van der Waals surface area (Å²) < 4.78 is 7.14. The van der Waals surface area contributed by atoms with Gasteiger partial charge in [0.05, 0.1) is 7.11 Å². The van der Waals surface area contributed by atoms with Gasteiger partial charge in [-0.2, -0.15) is 0 Å². The summed E-state index contributed by atoms with van der Waals surface area (Å²) in [5.41, 5.74) is 3.05. The summed E-state index contributed by atoms with van der Waals surface area (Å²) in [7, 11) is 1.65. The van der Waals surface area contributed by atoms with Crippen molar-refractivity contribution in [3.05, 3.63) is 103 Å². The van der Waals surface area contributed by atoms with Crippen molar-refractivity contribution >= 4 is 5.78 Å². The predicted octanol–water partition coefficient (Wildman–Crippen LogP) is 5.23. The number of aromatic nitrogens is 2. The van der Waals surface area contributed by atoms with E-state index < -0.39 is 0 Å². The lowest BCUT2D eigenvalue weighted by Gasteiger charge is -2.23. The monoisotopic (exact) mass is 384 g/mol. The van der Waals surface area contributed by atoms with Crippen molar-refractivity contribution in [1.29, 1.82) is 0 Å². The summed E-state index contributed by atoms with van der Waals surface area (Å²) in [5.74, 6) is 1.09. The third-order valence-electron chi connectivity index (χ3n) is 5.76. The number of Topliss-reactive ketones (excluding diaryl/α,β-unsaturated/α-hetero) is 1. The Balaban J connectivity index is 1.73. The molecule has 0 amide bonds. The van der Waals surface area contributed by atoms with E-state index in [-0.39, 0.29) is 23.5 Å². The molecule has 1 aliphatic carbocycles. The van der Waals surface area contributed by atoms with E-state index in [1.807, 2.05) is 71.4 Å². The highest BCUT2D eigenvalue weighted by Crippen LogP contribution is 2.48. The standard InChI is InChI=1S/C25H24N2O2/c1-4-21-17(2)16-22(23(21)18-10-12-20(29-3)13-11-18)24(28)25-26-14-15-27(25)19-8-6-5-7-9-19/h4-15,21-23H,1-2,16H2,3H3/t21-,22-,23-/m0/s1. The van der Waals surface area contributed by atoms with Gasteiger partial charge in [-0.25, -0.2) is 4.98 Å². The number of para-hydroxylation sites is 1. The van der Waals surface area contributed by atoms with E-state index in [0.29, 0.717) is 12.2 Å². The number of carbonyl (C=O) groups excluding carboxylic acids is 1. The molecule has 1 saturated carbocycles. The lowest BCUT2D eigenvalue weighted by molar-refractivity contribution is 0.0897. The maximum atomic E-state index is 13.6. The molecule has 0 aliphatic heterocycles. The first-order chi connectivity index (χ1) is 14.1. The van der Waals surface area contributed by atoms with Gasteiger partial charge in [-0.05, 0) is 36.2 Å². The minimum atomic E-state index is -0.233. The number of benzene rings is 2. The third kappa shape index (κ3) is 3.42. The highest BCUT2D eigenvalue weighted by molar-refractivity contribution is 5.96. The Hall–Kier alpha value is -3.40. The van der Waals surface area contributed by atoms with Crippen LogP contribution in [0, 0.1) is 11.8 Å². The van der Waals surface area contributed by atoms with Gasteiger partial charge >= 0.3 is 0 Å². The van der Waals surface area contributed by atoms with Crippen LogP contribution in [-0.2, 0) is 0 Å².